The maximum atomic E-state index is 6.28. The topological polar surface area (TPSA) is 46.0 Å². The zero-order valence-corrected chi connectivity index (χ0v) is 12.1. The summed E-state index contributed by atoms with van der Waals surface area (Å²) in [5.74, 6) is 0.783. The van der Waals surface area contributed by atoms with Crippen LogP contribution >= 0.6 is 11.6 Å². The van der Waals surface area contributed by atoms with Gasteiger partial charge in [0.05, 0.1) is 11.2 Å². The third-order valence-electron chi connectivity index (χ3n) is 2.80. The van der Waals surface area contributed by atoms with Gasteiger partial charge in [0, 0.05) is 45.1 Å². The first-order valence-corrected chi connectivity index (χ1v) is 6.45. The van der Waals surface area contributed by atoms with Crippen molar-refractivity contribution in [1.82, 2.24) is 20.1 Å². The van der Waals surface area contributed by atoms with E-state index in [0.29, 0.717) is 5.02 Å². The molecule has 0 amide bonds. The second kappa shape index (κ2) is 6.04. The Morgan fingerprint density at radius 3 is 2.74 bits per heavy atom. The second-order valence-electron chi connectivity index (χ2n) is 4.56. The van der Waals surface area contributed by atoms with Crippen LogP contribution in [0.4, 0.5) is 5.82 Å². The molecule has 0 bridgehead atoms. The van der Waals surface area contributed by atoms with Crippen LogP contribution in [0.25, 0.3) is 0 Å². The van der Waals surface area contributed by atoms with Crippen molar-refractivity contribution in [2.24, 2.45) is 7.05 Å². The largest absolute Gasteiger partial charge is 0.354 e. The van der Waals surface area contributed by atoms with E-state index >= 15 is 0 Å². The smallest absolute Gasteiger partial charge is 0.147 e. The molecule has 2 aromatic rings. The third kappa shape index (κ3) is 3.45. The van der Waals surface area contributed by atoms with Gasteiger partial charge in [0.25, 0.3) is 0 Å². The monoisotopic (exact) mass is 279 g/mol. The van der Waals surface area contributed by atoms with E-state index in [-0.39, 0.29) is 0 Å². The van der Waals surface area contributed by atoms with E-state index in [1.165, 1.54) is 0 Å². The van der Waals surface area contributed by atoms with Crippen molar-refractivity contribution < 1.29 is 0 Å². The second-order valence-corrected chi connectivity index (χ2v) is 4.96. The first kappa shape index (κ1) is 13.8. The van der Waals surface area contributed by atoms with Crippen molar-refractivity contribution >= 4 is 17.4 Å². The number of nitrogens with one attached hydrogen (secondary N) is 1. The lowest BCUT2D eigenvalue weighted by atomic mass is 10.2. The van der Waals surface area contributed by atoms with E-state index in [4.69, 9.17) is 11.6 Å². The Labute approximate surface area is 118 Å². The molecule has 0 unspecified atom stereocenters. The molecule has 0 fully saturated rings. The van der Waals surface area contributed by atoms with Gasteiger partial charge in [-0.05, 0) is 18.7 Å². The Morgan fingerprint density at radius 2 is 2.16 bits per heavy atom. The number of anilines is 1. The highest BCUT2D eigenvalue weighted by molar-refractivity contribution is 6.33. The molecule has 2 heterocycles. The molecule has 0 saturated carbocycles. The molecule has 0 spiro atoms. The fourth-order valence-corrected chi connectivity index (χ4v) is 2.29. The normalized spacial score (nSPS) is 10.7. The summed E-state index contributed by atoms with van der Waals surface area (Å²) in [5, 5.41) is 7.90. The first-order chi connectivity index (χ1) is 9.10. The van der Waals surface area contributed by atoms with Gasteiger partial charge < -0.3 is 10.2 Å². The highest BCUT2D eigenvalue weighted by atomic mass is 35.5. The van der Waals surface area contributed by atoms with Gasteiger partial charge in [0.2, 0.25) is 0 Å². The van der Waals surface area contributed by atoms with Crippen LogP contribution < -0.4 is 10.2 Å². The molecule has 2 aromatic heterocycles. The SMILES string of the molecule is CNCc1cnc(N(C)Cc2cnn(C)c2)c(Cl)c1. The highest BCUT2D eigenvalue weighted by Crippen LogP contribution is 2.24. The Bertz CT molecular complexity index is 552. The van der Waals surface area contributed by atoms with Crippen molar-refractivity contribution in [1.29, 1.82) is 0 Å². The van der Waals surface area contributed by atoms with Crippen molar-refractivity contribution in [3.8, 4) is 0 Å². The van der Waals surface area contributed by atoms with Crippen LogP contribution in [0.1, 0.15) is 11.1 Å². The molecule has 2 rings (SSSR count). The first-order valence-electron chi connectivity index (χ1n) is 6.08. The maximum Gasteiger partial charge on any atom is 0.147 e. The Morgan fingerprint density at radius 1 is 1.37 bits per heavy atom. The summed E-state index contributed by atoms with van der Waals surface area (Å²) < 4.78 is 1.79. The zero-order valence-electron chi connectivity index (χ0n) is 11.4. The molecule has 0 aliphatic heterocycles. The summed E-state index contributed by atoms with van der Waals surface area (Å²) in [6.45, 7) is 1.49. The van der Waals surface area contributed by atoms with Crippen LogP contribution in [0, 0.1) is 0 Å². The average Bonchev–Trinajstić information content (AvgIpc) is 2.75. The average molecular weight is 280 g/mol. The van der Waals surface area contributed by atoms with E-state index < -0.39 is 0 Å². The van der Waals surface area contributed by atoms with Gasteiger partial charge in [0.15, 0.2) is 0 Å². The lowest BCUT2D eigenvalue weighted by molar-refractivity contribution is 0.766. The quantitative estimate of drug-likeness (QED) is 0.907. The van der Waals surface area contributed by atoms with E-state index in [1.807, 2.05) is 50.7 Å². The number of aromatic nitrogens is 3. The van der Waals surface area contributed by atoms with Crippen LogP contribution in [0.5, 0.6) is 0 Å². The molecule has 0 aromatic carbocycles. The van der Waals surface area contributed by atoms with Crippen molar-refractivity contribution in [3.05, 3.63) is 40.8 Å². The molecule has 102 valence electrons. The van der Waals surface area contributed by atoms with Gasteiger partial charge in [-0.2, -0.15) is 5.10 Å². The molecule has 0 aliphatic carbocycles. The summed E-state index contributed by atoms with van der Waals surface area (Å²) in [6.07, 6.45) is 5.68. The maximum absolute atomic E-state index is 6.28. The molecule has 0 aliphatic rings. The number of rotatable bonds is 5. The fourth-order valence-electron chi connectivity index (χ4n) is 1.95. The highest BCUT2D eigenvalue weighted by Gasteiger charge is 2.10. The standard InChI is InChI=1S/C13H18ClN5/c1-15-5-10-4-12(14)13(16-6-10)18(2)8-11-7-17-19(3)9-11/h4,6-7,9,15H,5,8H2,1-3H3. The molecule has 0 atom stereocenters. The lowest BCUT2D eigenvalue weighted by Gasteiger charge is -2.19. The van der Waals surface area contributed by atoms with Gasteiger partial charge in [-0.3, -0.25) is 4.68 Å². The number of nitrogens with zero attached hydrogens (tertiary/aromatic N) is 4. The van der Waals surface area contributed by atoms with Gasteiger partial charge in [-0.1, -0.05) is 11.6 Å². The number of pyridine rings is 1. The van der Waals surface area contributed by atoms with Crippen molar-refractivity contribution in [2.75, 3.05) is 19.0 Å². The zero-order chi connectivity index (χ0) is 13.8. The Balaban J connectivity index is 2.12. The molecular formula is C13H18ClN5. The van der Waals surface area contributed by atoms with Crippen LogP contribution in [0.2, 0.25) is 5.02 Å². The van der Waals surface area contributed by atoms with Crippen LogP contribution in [-0.2, 0) is 20.1 Å². The summed E-state index contributed by atoms with van der Waals surface area (Å²) >= 11 is 6.28. The molecular weight excluding hydrogens is 262 g/mol. The van der Waals surface area contributed by atoms with E-state index in [1.54, 1.807) is 4.68 Å². The van der Waals surface area contributed by atoms with Crippen molar-refractivity contribution in [3.63, 3.8) is 0 Å². The minimum Gasteiger partial charge on any atom is -0.354 e. The fraction of sp³-hybridized carbons (Fsp3) is 0.385. The number of halogens is 1. The summed E-state index contributed by atoms with van der Waals surface area (Å²) in [5.41, 5.74) is 2.20. The molecule has 5 nitrogen and oxygen atoms in total. The number of hydrogen-bond acceptors (Lipinski definition) is 4. The van der Waals surface area contributed by atoms with Crippen LogP contribution in [0.15, 0.2) is 24.7 Å². The Hall–Kier alpha value is -1.59. The minimum atomic E-state index is 0.666. The van der Waals surface area contributed by atoms with Crippen LogP contribution in [-0.4, -0.2) is 28.9 Å². The van der Waals surface area contributed by atoms with E-state index in [2.05, 4.69) is 15.4 Å². The van der Waals surface area contributed by atoms with Gasteiger partial charge >= 0.3 is 0 Å². The predicted octanol–water partition coefficient (Wildman–Crippen LogP) is 1.82. The third-order valence-corrected chi connectivity index (χ3v) is 3.08. The van der Waals surface area contributed by atoms with Gasteiger partial charge in [-0.15, -0.1) is 0 Å². The van der Waals surface area contributed by atoms with Crippen molar-refractivity contribution in [2.45, 2.75) is 13.1 Å². The number of hydrogen-bond donors (Lipinski definition) is 1. The van der Waals surface area contributed by atoms with Gasteiger partial charge in [0.1, 0.15) is 5.82 Å². The molecule has 19 heavy (non-hydrogen) atoms. The summed E-state index contributed by atoms with van der Waals surface area (Å²) in [4.78, 5) is 6.44. The Kier molecular flexibility index (Phi) is 4.39. The molecule has 0 radical (unpaired) electrons. The molecule has 1 N–H and O–H groups in total. The lowest BCUT2D eigenvalue weighted by Crippen LogP contribution is -2.18. The predicted molar refractivity (Wildman–Crippen MR) is 77.3 cm³/mol. The van der Waals surface area contributed by atoms with Gasteiger partial charge in [-0.25, -0.2) is 4.98 Å². The molecule has 6 heteroatoms. The summed E-state index contributed by atoms with van der Waals surface area (Å²) in [7, 11) is 5.77. The van der Waals surface area contributed by atoms with E-state index in [9.17, 15) is 0 Å². The molecule has 0 saturated heterocycles. The minimum absolute atomic E-state index is 0.666. The van der Waals surface area contributed by atoms with E-state index in [0.717, 1.165) is 30.0 Å². The summed E-state index contributed by atoms with van der Waals surface area (Å²) in [6, 6.07) is 1.94. The van der Waals surface area contributed by atoms with Crippen LogP contribution in [0.3, 0.4) is 0 Å². The number of aryl methyl sites for hydroxylation is 1.